The predicted octanol–water partition coefficient (Wildman–Crippen LogP) is 16.0. The van der Waals surface area contributed by atoms with Gasteiger partial charge in [-0.05, 0) is 175 Å². The van der Waals surface area contributed by atoms with Crippen LogP contribution in [-0.2, 0) is 0 Å². The molecule has 0 atom stereocenters. The van der Waals surface area contributed by atoms with E-state index >= 15 is 0 Å². The molecule has 0 bridgehead atoms. The van der Waals surface area contributed by atoms with Crippen LogP contribution in [0.4, 0.5) is 0 Å². The van der Waals surface area contributed by atoms with Gasteiger partial charge in [0.1, 0.15) is 0 Å². The SMILES string of the molecule is C.C.C.C.Cc1cc2ncccc2cn1.Cc1ccc2ccc(C)nc2c1.Cc1ccc2cccnc2c1.Cc1ccc2cccnc2n1.Cc1ccc2nc(C)cnc2c1.Cc1cnc2cccnc2c1. The molecule has 0 unspecified atom stereocenters. The van der Waals surface area contributed by atoms with Crippen molar-refractivity contribution in [2.24, 2.45) is 0 Å². The lowest BCUT2D eigenvalue weighted by Gasteiger charge is -1.99. The smallest absolute Gasteiger partial charge is 0.159 e. The summed E-state index contributed by atoms with van der Waals surface area (Å²) in [5.74, 6) is 0. The molecule has 0 radical (unpaired) electrons. The van der Waals surface area contributed by atoms with Crippen molar-refractivity contribution in [3.63, 3.8) is 0 Å². The molecule has 0 saturated carbocycles. The van der Waals surface area contributed by atoms with Crippen molar-refractivity contribution in [3.05, 3.63) is 228 Å². The second kappa shape index (κ2) is 28.2. The molecule has 0 aliphatic rings. The molecule has 10 heteroatoms. The van der Waals surface area contributed by atoms with E-state index in [9.17, 15) is 0 Å². The van der Waals surface area contributed by atoms with Gasteiger partial charge < -0.3 is 0 Å². The maximum Gasteiger partial charge on any atom is 0.159 e. The third kappa shape index (κ3) is 16.9. The lowest BCUT2D eigenvalue weighted by atomic mass is 10.1. The van der Waals surface area contributed by atoms with Crippen LogP contribution in [0.1, 0.15) is 74.7 Å². The van der Waals surface area contributed by atoms with Crippen molar-refractivity contribution < 1.29 is 0 Å². The summed E-state index contributed by atoms with van der Waals surface area (Å²) in [6.07, 6.45) is 12.6. The number of pyridine rings is 8. The van der Waals surface area contributed by atoms with Crippen LogP contribution in [-0.4, -0.2) is 49.8 Å². The van der Waals surface area contributed by atoms with Crippen LogP contribution < -0.4 is 0 Å². The highest BCUT2D eigenvalue weighted by Gasteiger charge is 1.98. The Morgan fingerprint density at radius 3 is 1.40 bits per heavy atom. The number of hydrogen-bond acceptors (Lipinski definition) is 10. The lowest BCUT2D eigenvalue weighted by Crippen LogP contribution is -1.86. The predicted molar refractivity (Wildman–Crippen MR) is 306 cm³/mol. The topological polar surface area (TPSA) is 129 Å². The van der Waals surface area contributed by atoms with E-state index in [1.54, 1.807) is 24.8 Å². The van der Waals surface area contributed by atoms with Gasteiger partial charge >= 0.3 is 0 Å². The minimum atomic E-state index is 0. The van der Waals surface area contributed by atoms with E-state index in [0.29, 0.717) is 0 Å². The molecule has 9 heterocycles. The highest BCUT2D eigenvalue weighted by molar-refractivity contribution is 5.80. The van der Waals surface area contributed by atoms with Crippen molar-refractivity contribution in [2.45, 2.75) is 85.1 Å². The summed E-state index contributed by atoms with van der Waals surface area (Å²) in [4.78, 5) is 42.5. The Labute approximate surface area is 426 Å². The maximum absolute atomic E-state index is 4.44. The fourth-order valence-electron chi connectivity index (χ4n) is 6.89. The van der Waals surface area contributed by atoms with Gasteiger partial charge in [0.05, 0.1) is 44.3 Å². The normalized spacial score (nSPS) is 9.78. The first-order chi connectivity index (χ1) is 32.9. The van der Waals surface area contributed by atoms with Crippen LogP contribution in [0.15, 0.2) is 183 Å². The average molecular weight is 955 g/mol. The van der Waals surface area contributed by atoms with Gasteiger partial charge in [-0.2, -0.15) is 0 Å². The highest BCUT2D eigenvalue weighted by Crippen LogP contribution is 2.15. The quantitative estimate of drug-likeness (QED) is 0.145. The number of rotatable bonds is 0. The van der Waals surface area contributed by atoms with Crippen LogP contribution in [0.5, 0.6) is 0 Å². The fraction of sp³-hybridized carbons (Fsp3) is 0.194. The summed E-state index contributed by atoms with van der Waals surface area (Å²) in [6, 6.07) is 46.6. The van der Waals surface area contributed by atoms with Crippen molar-refractivity contribution >= 4 is 65.8 Å². The van der Waals surface area contributed by atoms with Crippen molar-refractivity contribution in [2.75, 3.05) is 0 Å². The van der Waals surface area contributed by atoms with Crippen molar-refractivity contribution in [1.82, 2.24) is 49.8 Å². The molecule has 0 aliphatic carbocycles. The maximum atomic E-state index is 4.44. The standard InChI is InChI=1S/C11H11N.C10H10N2.C10H9N.3C9H8N2.4CH4/c1-8-3-5-10-6-4-9(2)12-11(10)7-8;1-7-3-4-9-10(5-7)11-6-8(2)12-9;1-8-4-5-9-3-2-6-11-10(9)7-8;1-7-4-5-8-3-2-6-10-9(8)11-7;1-7-5-9-8(6-11-7)3-2-4-10-9;1-7-5-9-8(11-6-7)3-2-4-10-9;;;;/h3-7H,1-2H3;3-6H,1-2H3;2-7H,1H3;3*2-6H,1H3;4*1H4. The zero-order valence-corrected chi connectivity index (χ0v) is 39.8. The summed E-state index contributed by atoms with van der Waals surface area (Å²) in [5, 5.41) is 4.61. The van der Waals surface area contributed by atoms with Crippen molar-refractivity contribution in [3.8, 4) is 0 Å². The van der Waals surface area contributed by atoms with E-state index in [-0.39, 0.29) is 29.7 Å². The molecule has 10 nitrogen and oxygen atoms in total. The molecule has 0 amide bonds. The Balaban J connectivity index is 0.000000226. The lowest BCUT2D eigenvalue weighted by molar-refractivity contribution is 1.18. The molecular weight excluding hydrogens is 885 g/mol. The number of aryl methyl sites for hydroxylation is 8. The molecular formula is C62H70N10. The molecule has 0 N–H and O–H groups in total. The van der Waals surface area contributed by atoms with Gasteiger partial charge in [0.15, 0.2) is 5.65 Å². The van der Waals surface area contributed by atoms with Crippen LogP contribution in [0.2, 0.25) is 0 Å². The molecule has 0 aliphatic heterocycles. The van der Waals surface area contributed by atoms with Gasteiger partial charge in [0.2, 0.25) is 0 Å². The van der Waals surface area contributed by atoms with Gasteiger partial charge in [-0.3, -0.25) is 34.9 Å². The molecule has 0 saturated heterocycles. The second-order valence-corrected chi connectivity index (χ2v) is 16.4. The molecule has 12 rings (SSSR count). The van der Waals surface area contributed by atoms with E-state index in [2.05, 4.69) is 125 Å². The van der Waals surface area contributed by atoms with E-state index in [1.165, 1.54) is 27.5 Å². The van der Waals surface area contributed by atoms with E-state index in [0.717, 1.165) is 83.4 Å². The second-order valence-electron chi connectivity index (χ2n) is 16.4. The highest BCUT2D eigenvalue weighted by atomic mass is 14.8. The van der Waals surface area contributed by atoms with Crippen molar-refractivity contribution in [1.29, 1.82) is 0 Å². The molecule has 0 spiro atoms. The van der Waals surface area contributed by atoms with Gasteiger partial charge in [-0.25, -0.2) is 15.0 Å². The number of nitrogens with zero attached hydrogens (tertiary/aromatic N) is 10. The van der Waals surface area contributed by atoms with E-state index in [1.807, 2.05) is 138 Å². The third-order valence-corrected chi connectivity index (χ3v) is 10.4. The zero-order valence-electron chi connectivity index (χ0n) is 39.8. The first-order valence-corrected chi connectivity index (χ1v) is 22.3. The van der Waals surface area contributed by atoms with Crippen LogP contribution in [0, 0.1) is 55.4 Å². The minimum Gasteiger partial charge on any atom is -0.261 e. The molecule has 72 heavy (non-hydrogen) atoms. The molecule has 3 aromatic carbocycles. The Kier molecular flexibility index (Phi) is 22.7. The zero-order chi connectivity index (χ0) is 47.8. The van der Waals surface area contributed by atoms with Gasteiger partial charge in [-0.1, -0.05) is 72.2 Å². The van der Waals surface area contributed by atoms with Gasteiger partial charge in [0, 0.05) is 82.0 Å². The van der Waals surface area contributed by atoms with Gasteiger partial charge in [0.25, 0.3) is 0 Å². The number of fused-ring (bicyclic) bond motifs is 6. The summed E-state index contributed by atoms with van der Waals surface area (Å²) in [6.45, 7) is 16.1. The summed E-state index contributed by atoms with van der Waals surface area (Å²) >= 11 is 0. The van der Waals surface area contributed by atoms with Gasteiger partial charge in [-0.15, -0.1) is 0 Å². The average Bonchev–Trinajstić information content (AvgIpc) is 3.35. The Morgan fingerprint density at radius 1 is 0.250 bits per heavy atom. The monoisotopic (exact) mass is 955 g/mol. The summed E-state index contributed by atoms with van der Waals surface area (Å²) in [7, 11) is 0. The van der Waals surface area contributed by atoms with Crippen LogP contribution >= 0.6 is 0 Å². The number of benzene rings is 3. The number of aromatic nitrogens is 10. The Bertz CT molecular complexity index is 3210. The van der Waals surface area contributed by atoms with E-state index < -0.39 is 0 Å². The Morgan fingerprint density at radius 2 is 0.708 bits per heavy atom. The van der Waals surface area contributed by atoms with E-state index in [4.69, 9.17) is 0 Å². The Hall–Kier alpha value is -8.50. The molecule has 368 valence electrons. The molecule has 9 aromatic heterocycles. The van der Waals surface area contributed by atoms with Crippen LogP contribution in [0.3, 0.4) is 0 Å². The number of hydrogen-bond donors (Lipinski definition) is 0. The largest absolute Gasteiger partial charge is 0.261 e. The summed E-state index contributed by atoms with van der Waals surface area (Å²) < 4.78 is 0. The van der Waals surface area contributed by atoms with Crippen LogP contribution in [0.25, 0.3) is 65.8 Å². The first-order valence-electron chi connectivity index (χ1n) is 22.3. The fourth-order valence-corrected chi connectivity index (χ4v) is 6.89. The molecule has 12 aromatic rings. The molecule has 0 fully saturated rings. The first kappa shape index (κ1) is 57.8. The summed E-state index contributed by atoms with van der Waals surface area (Å²) in [5.41, 5.74) is 16.8. The third-order valence-electron chi connectivity index (χ3n) is 10.4. The minimum absolute atomic E-state index is 0.